The quantitative estimate of drug-likeness (QED) is 0.256. The number of hydrogen-bond donors (Lipinski definition) is 1. The summed E-state index contributed by atoms with van der Waals surface area (Å²) in [6.07, 6.45) is 1.59. The molecule has 1 saturated heterocycles. The molecule has 38 heavy (non-hydrogen) atoms. The van der Waals surface area contributed by atoms with Crippen LogP contribution in [-0.4, -0.2) is 28.5 Å². The number of anilines is 1. The van der Waals surface area contributed by atoms with Gasteiger partial charge >= 0.3 is 0 Å². The molecule has 1 aliphatic heterocycles. The summed E-state index contributed by atoms with van der Waals surface area (Å²) in [7, 11) is 0. The van der Waals surface area contributed by atoms with Crippen LogP contribution < -0.4 is 10.1 Å². The van der Waals surface area contributed by atoms with Crippen LogP contribution >= 0.6 is 23.4 Å². The van der Waals surface area contributed by atoms with Crippen LogP contribution in [0.1, 0.15) is 11.1 Å². The number of thioether (sulfide) groups is 1. The minimum atomic E-state index is -0.622. The Bertz CT molecular complexity index is 1600. The Hall–Kier alpha value is -4.14. The van der Waals surface area contributed by atoms with Crippen LogP contribution in [0.5, 0.6) is 5.75 Å². The first-order chi connectivity index (χ1) is 18.4. The fraction of sp³-hybridized carbons (Fsp3) is 0.0690. The summed E-state index contributed by atoms with van der Waals surface area (Å²) in [6.45, 7) is -0.110. The van der Waals surface area contributed by atoms with E-state index in [2.05, 4.69) is 23.5 Å². The number of carbonyl (C=O) groups excluding carboxylic acids is 3. The van der Waals surface area contributed by atoms with Crippen molar-refractivity contribution in [3.05, 3.63) is 112 Å². The molecule has 0 spiro atoms. The maximum absolute atomic E-state index is 13.3. The summed E-state index contributed by atoms with van der Waals surface area (Å²) in [5, 5.41) is 4.05. The van der Waals surface area contributed by atoms with E-state index in [-0.39, 0.29) is 15.6 Å². The molecule has 1 heterocycles. The zero-order valence-electron chi connectivity index (χ0n) is 19.8. The van der Waals surface area contributed by atoms with Gasteiger partial charge in [-0.1, -0.05) is 66.2 Å². The lowest BCUT2D eigenvalue weighted by atomic mass is 10.1. The van der Waals surface area contributed by atoms with Crippen molar-refractivity contribution in [2.24, 2.45) is 0 Å². The smallest absolute Gasteiger partial charge is 0.294 e. The van der Waals surface area contributed by atoms with Crippen molar-refractivity contribution < 1.29 is 23.5 Å². The SMILES string of the molecule is O=C(CN1C(=O)S/C(=C/c2cccc(OCc3cccc4ccccc34)c2)C1=O)Nc1ccc(F)c(Cl)c1. The van der Waals surface area contributed by atoms with Gasteiger partial charge in [0, 0.05) is 5.69 Å². The molecule has 0 radical (unpaired) electrons. The largest absolute Gasteiger partial charge is 0.489 e. The highest BCUT2D eigenvalue weighted by Gasteiger charge is 2.36. The van der Waals surface area contributed by atoms with Crippen LogP contribution in [0.25, 0.3) is 16.8 Å². The third-order valence-electron chi connectivity index (χ3n) is 5.81. The highest BCUT2D eigenvalue weighted by atomic mass is 35.5. The van der Waals surface area contributed by atoms with E-state index in [1.807, 2.05) is 30.3 Å². The molecule has 0 saturated carbocycles. The zero-order chi connectivity index (χ0) is 26.6. The summed E-state index contributed by atoms with van der Waals surface area (Å²) in [6, 6.07) is 25.0. The molecule has 9 heteroatoms. The van der Waals surface area contributed by atoms with Crippen molar-refractivity contribution in [3.8, 4) is 5.75 Å². The van der Waals surface area contributed by atoms with Crippen LogP contribution in [0.15, 0.2) is 89.8 Å². The van der Waals surface area contributed by atoms with E-state index in [9.17, 15) is 18.8 Å². The molecule has 190 valence electrons. The zero-order valence-corrected chi connectivity index (χ0v) is 21.4. The van der Waals surface area contributed by atoms with Gasteiger partial charge in [-0.25, -0.2) is 4.39 Å². The lowest BCUT2D eigenvalue weighted by molar-refractivity contribution is -0.127. The predicted molar refractivity (Wildman–Crippen MR) is 147 cm³/mol. The lowest BCUT2D eigenvalue weighted by Gasteiger charge is -2.12. The van der Waals surface area contributed by atoms with Crippen molar-refractivity contribution in [2.75, 3.05) is 11.9 Å². The first-order valence-electron chi connectivity index (χ1n) is 11.6. The minimum Gasteiger partial charge on any atom is -0.489 e. The van der Waals surface area contributed by atoms with Gasteiger partial charge in [0.25, 0.3) is 11.1 Å². The van der Waals surface area contributed by atoms with Crippen molar-refractivity contribution >= 4 is 63.0 Å². The first-order valence-corrected chi connectivity index (χ1v) is 12.8. The van der Waals surface area contributed by atoms with Gasteiger partial charge in [0.1, 0.15) is 24.7 Å². The Balaban J connectivity index is 1.24. The van der Waals surface area contributed by atoms with E-state index < -0.39 is 29.4 Å². The maximum Gasteiger partial charge on any atom is 0.294 e. The molecule has 1 N–H and O–H groups in total. The number of rotatable bonds is 7. The minimum absolute atomic E-state index is 0.153. The van der Waals surface area contributed by atoms with Gasteiger partial charge in [-0.3, -0.25) is 19.3 Å². The van der Waals surface area contributed by atoms with Crippen molar-refractivity contribution in [2.45, 2.75) is 6.61 Å². The molecule has 4 aromatic carbocycles. The standard InChI is InChI=1S/C29H20ClFN2O4S/c30-24-15-21(11-12-25(24)31)32-27(34)16-33-28(35)26(38-29(33)36)14-18-5-3-9-22(13-18)37-17-20-8-4-7-19-6-1-2-10-23(19)20/h1-15H,16-17H2,(H,32,34)/b26-14+. The van der Waals surface area contributed by atoms with E-state index >= 15 is 0 Å². The Labute approximate surface area is 227 Å². The molecule has 1 aliphatic rings. The fourth-order valence-electron chi connectivity index (χ4n) is 3.98. The lowest BCUT2D eigenvalue weighted by Crippen LogP contribution is -2.36. The van der Waals surface area contributed by atoms with Crippen LogP contribution in [-0.2, 0) is 16.2 Å². The Morgan fingerprint density at radius 1 is 1.00 bits per heavy atom. The highest BCUT2D eigenvalue weighted by Crippen LogP contribution is 2.33. The summed E-state index contributed by atoms with van der Waals surface area (Å²) in [4.78, 5) is 38.8. The Kier molecular flexibility index (Phi) is 7.44. The summed E-state index contributed by atoms with van der Waals surface area (Å²) < 4.78 is 19.3. The van der Waals surface area contributed by atoms with E-state index in [1.165, 1.54) is 12.1 Å². The molecule has 0 unspecified atom stereocenters. The van der Waals surface area contributed by atoms with Crippen molar-refractivity contribution in [3.63, 3.8) is 0 Å². The third kappa shape index (κ3) is 5.72. The molecule has 0 aliphatic carbocycles. The van der Waals surface area contributed by atoms with Gasteiger partial charge in [-0.15, -0.1) is 0 Å². The third-order valence-corrected chi connectivity index (χ3v) is 7.01. The molecule has 0 atom stereocenters. The summed E-state index contributed by atoms with van der Waals surface area (Å²) >= 11 is 6.48. The second kappa shape index (κ2) is 11.1. The number of fused-ring (bicyclic) bond motifs is 1. The fourth-order valence-corrected chi connectivity index (χ4v) is 5.00. The molecule has 4 aromatic rings. The van der Waals surface area contributed by atoms with E-state index in [4.69, 9.17) is 16.3 Å². The molecule has 0 bridgehead atoms. The maximum atomic E-state index is 13.3. The van der Waals surface area contributed by atoms with E-state index in [0.717, 1.165) is 39.1 Å². The van der Waals surface area contributed by atoms with Gasteiger partial charge in [0.05, 0.1) is 9.93 Å². The molecule has 1 fully saturated rings. The van der Waals surface area contributed by atoms with Crippen molar-refractivity contribution in [1.82, 2.24) is 4.90 Å². The molecule has 3 amide bonds. The summed E-state index contributed by atoms with van der Waals surface area (Å²) in [5.41, 5.74) is 1.98. The van der Waals surface area contributed by atoms with Crippen LogP contribution in [0.4, 0.5) is 14.9 Å². The predicted octanol–water partition coefficient (Wildman–Crippen LogP) is 6.89. The topological polar surface area (TPSA) is 75.7 Å². The normalized spacial score (nSPS) is 14.4. The second-order valence-electron chi connectivity index (χ2n) is 8.44. The van der Waals surface area contributed by atoms with Crippen LogP contribution in [0, 0.1) is 5.82 Å². The number of halogens is 2. The number of nitrogens with one attached hydrogen (secondary N) is 1. The second-order valence-corrected chi connectivity index (χ2v) is 9.84. The highest BCUT2D eigenvalue weighted by molar-refractivity contribution is 8.18. The molecule has 0 aromatic heterocycles. The van der Waals surface area contributed by atoms with E-state index in [1.54, 1.807) is 24.3 Å². The average molecular weight is 547 g/mol. The number of benzene rings is 4. The first kappa shape index (κ1) is 25.5. The molecule has 6 nitrogen and oxygen atoms in total. The summed E-state index contributed by atoms with van der Waals surface area (Å²) in [5.74, 6) is -1.19. The Morgan fingerprint density at radius 2 is 1.79 bits per heavy atom. The molecule has 5 rings (SSSR count). The van der Waals surface area contributed by atoms with Crippen molar-refractivity contribution in [1.29, 1.82) is 0 Å². The van der Waals surface area contributed by atoms with Gasteiger partial charge in [-0.2, -0.15) is 0 Å². The van der Waals surface area contributed by atoms with Gasteiger partial charge < -0.3 is 10.1 Å². The Morgan fingerprint density at radius 3 is 2.63 bits per heavy atom. The van der Waals surface area contributed by atoms with E-state index in [0.29, 0.717) is 17.9 Å². The van der Waals surface area contributed by atoms with Gasteiger partial charge in [0.2, 0.25) is 5.91 Å². The monoisotopic (exact) mass is 546 g/mol. The number of ether oxygens (including phenoxy) is 1. The van der Waals surface area contributed by atoms with Gasteiger partial charge in [0.15, 0.2) is 0 Å². The number of hydrogen-bond acceptors (Lipinski definition) is 5. The number of imide groups is 1. The van der Waals surface area contributed by atoms with Crippen LogP contribution in [0.3, 0.4) is 0 Å². The molecular weight excluding hydrogens is 527 g/mol. The number of carbonyl (C=O) groups is 3. The average Bonchev–Trinajstić information content (AvgIpc) is 3.17. The van der Waals surface area contributed by atoms with Crippen LogP contribution in [0.2, 0.25) is 5.02 Å². The van der Waals surface area contributed by atoms with Gasteiger partial charge in [-0.05, 0) is 70.1 Å². The number of nitrogens with zero attached hydrogens (tertiary/aromatic N) is 1. The molecular formula is C29H20ClFN2O4S. The number of amides is 3.